The second-order valence-corrected chi connectivity index (χ2v) is 9.13. The number of hydrogen-bond donors (Lipinski definition) is 0. The van der Waals surface area contributed by atoms with Gasteiger partial charge in [-0.1, -0.05) is 54.6 Å². The molecular formula is C28H33N3O2. The van der Waals surface area contributed by atoms with Crippen molar-refractivity contribution in [2.75, 3.05) is 44.7 Å². The standard InChI is InChI=1S/C28H33N3O2/c1-33-27-12-5-4-11-26(27)29-17-19-30(20-18-29)28(32)15-16-31(24-13-14-24)21-23-9-6-8-22-7-2-3-10-25(22)23/h2-12,24H,13-21H2,1H3. The van der Waals surface area contributed by atoms with Crippen LogP contribution in [0.2, 0.25) is 0 Å². The van der Waals surface area contributed by atoms with E-state index >= 15 is 0 Å². The molecule has 1 saturated heterocycles. The molecule has 172 valence electrons. The number of piperazine rings is 1. The summed E-state index contributed by atoms with van der Waals surface area (Å²) in [6.45, 7) is 4.97. The number of methoxy groups -OCH3 is 1. The van der Waals surface area contributed by atoms with Crippen molar-refractivity contribution in [3.8, 4) is 5.75 Å². The van der Waals surface area contributed by atoms with Crippen LogP contribution in [-0.2, 0) is 11.3 Å². The summed E-state index contributed by atoms with van der Waals surface area (Å²) in [6, 6.07) is 23.9. The number of anilines is 1. The Bertz CT molecular complexity index is 1100. The lowest BCUT2D eigenvalue weighted by molar-refractivity contribution is -0.131. The summed E-state index contributed by atoms with van der Waals surface area (Å²) in [5.74, 6) is 1.17. The van der Waals surface area contributed by atoms with E-state index in [2.05, 4.69) is 58.3 Å². The van der Waals surface area contributed by atoms with Crippen molar-refractivity contribution in [1.29, 1.82) is 0 Å². The fourth-order valence-electron chi connectivity index (χ4n) is 4.96. The molecule has 0 bridgehead atoms. The summed E-state index contributed by atoms with van der Waals surface area (Å²) in [5.41, 5.74) is 2.47. The highest BCUT2D eigenvalue weighted by molar-refractivity contribution is 5.85. The van der Waals surface area contributed by atoms with E-state index in [-0.39, 0.29) is 5.91 Å². The highest BCUT2D eigenvalue weighted by atomic mass is 16.5. The van der Waals surface area contributed by atoms with E-state index in [1.165, 1.54) is 29.2 Å². The maximum Gasteiger partial charge on any atom is 0.223 e. The van der Waals surface area contributed by atoms with Crippen molar-refractivity contribution in [2.24, 2.45) is 0 Å². The monoisotopic (exact) mass is 443 g/mol. The van der Waals surface area contributed by atoms with Crippen LogP contribution in [0.15, 0.2) is 66.7 Å². The Balaban J connectivity index is 1.17. The Morgan fingerprint density at radius 3 is 2.45 bits per heavy atom. The van der Waals surface area contributed by atoms with E-state index in [1.807, 2.05) is 23.1 Å². The molecule has 0 radical (unpaired) electrons. The van der Waals surface area contributed by atoms with Crippen LogP contribution < -0.4 is 9.64 Å². The molecule has 5 heteroatoms. The molecule has 2 fully saturated rings. The van der Waals surface area contributed by atoms with E-state index in [0.29, 0.717) is 12.5 Å². The van der Waals surface area contributed by atoms with Gasteiger partial charge in [0, 0.05) is 51.7 Å². The topological polar surface area (TPSA) is 36.0 Å². The minimum Gasteiger partial charge on any atom is -0.495 e. The molecule has 1 heterocycles. The van der Waals surface area contributed by atoms with Gasteiger partial charge in [-0.15, -0.1) is 0 Å². The van der Waals surface area contributed by atoms with Gasteiger partial charge in [0.2, 0.25) is 5.91 Å². The van der Waals surface area contributed by atoms with Gasteiger partial charge < -0.3 is 14.5 Å². The molecule has 5 rings (SSSR count). The highest BCUT2D eigenvalue weighted by Gasteiger charge is 2.30. The van der Waals surface area contributed by atoms with E-state index in [4.69, 9.17) is 4.74 Å². The molecule has 1 amide bonds. The fraction of sp³-hybridized carbons (Fsp3) is 0.393. The van der Waals surface area contributed by atoms with Gasteiger partial charge in [-0.3, -0.25) is 9.69 Å². The number of carbonyl (C=O) groups excluding carboxylic acids is 1. The lowest BCUT2D eigenvalue weighted by Crippen LogP contribution is -2.49. The van der Waals surface area contributed by atoms with Crippen molar-refractivity contribution < 1.29 is 9.53 Å². The quantitative estimate of drug-likeness (QED) is 0.512. The van der Waals surface area contributed by atoms with Crippen LogP contribution in [0.5, 0.6) is 5.75 Å². The second kappa shape index (κ2) is 9.84. The van der Waals surface area contributed by atoms with Gasteiger partial charge >= 0.3 is 0 Å². The number of fused-ring (bicyclic) bond motifs is 1. The van der Waals surface area contributed by atoms with Crippen molar-refractivity contribution in [2.45, 2.75) is 31.8 Å². The first kappa shape index (κ1) is 21.8. The molecular weight excluding hydrogens is 410 g/mol. The molecule has 1 aliphatic carbocycles. The van der Waals surface area contributed by atoms with Crippen LogP contribution in [0, 0.1) is 0 Å². The molecule has 3 aromatic carbocycles. The third-order valence-corrected chi connectivity index (χ3v) is 6.99. The molecule has 0 atom stereocenters. The summed E-state index contributed by atoms with van der Waals surface area (Å²) in [7, 11) is 1.71. The van der Waals surface area contributed by atoms with Crippen LogP contribution in [0.1, 0.15) is 24.8 Å². The predicted octanol–water partition coefficient (Wildman–Crippen LogP) is 4.55. The average molecular weight is 444 g/mol. The van der Waals surface area contributed by atoms with Crippen LogP contribution in [-0.4, -0.2) is 61.6 Å². The Labute approximate surface area is 196 Å². The molecule has 3 aromatic rings. The summed E-state index contributed by atoms with van der Waals surface area (Å²) >= 11 is 0. The van der Waals surface area contributed by atoms with Gasteiger partial charge in [0.05, 0.1) is 12.8 Å². The number of rotatable bonds is 8. The number of carbonyl (C=O) groups is 1. The van der Waals surface area contributed by atoms with Crippen LogP contribution in [0.3, 0.4) is 0 Å². The van der Waals surface area contributed by atoms with E-state index in [1.54, 1.807) is 7.11 Å². The number of benzene rings is 3. The number of para-hydroxylation sites is 2. The van der Waals surface area contributed by atoms with Gasteiger partial charge in [-0.2, -0.15) is 0 Å². The minimum absolute atomic E-state index is 0.276. The molecule has 1 saturated carbocycles. The third-order valence-electron chi connectivity index (χ3n) is 6.99. The minimum atomic E-state index is 0.276. The SMILES string of the molecule is COc1ccccc1N1CCN(C(=O)CCN(Cc2cccc3ccccc23)C2CC2)CC1. The highest BCUT2D eigenvalue weighted by Crippen LogP contribution is 2.31. The summed E-state index contributed by atoms with van der Waals surface area (Å²) in [5, 5.41) is 2.61. The van der Waals surface area contributed by atoms with Crippen LogP contribution in [0.25, 0.3) is 10.8 Å². The molecule has 5 nitrogen and oxygen atoms in total. The Kier molecular flexibility index (Phi) is 6.49. The van der Waals surface area contributed by atoms with Gasteiger partial charge in [0.15, 0.2) is 0 Å². The van der Waals surface area contributed by atoms with Gasteiger partial charge in [-0.25, -0.2) is 0 Å². The molecule has 0 unspecified atom stereocenters. The second-order valence-electron chi connectivity index (χ2n) is 9.13. The Morgan fingerprint density at radius 2 is 1.67 bits per heavy atom. The third kappa shape index (κ3) is 4.98. The first-order valence-corrected chi connectivity index (χ1v) is 12.1. The zero-order valence-electron chi connectivity index (χ0n) is 19.5. The number of ether oxygens (including phenoxy) is 1. The van der Waals surface area contributed by atoms with Crippen molar-refractivity contribution in [3.05, 3.63) is 72.3 Å². The van der Waals surface area contributed by atoms with Gasteiger partial charge in [0.25, 0.3) is 0 Å². The van der Waals surface area contributed by atoms with E-state index in [9.17, 15) is 4.79 Å². The smallest absolute Gasteiger partial charge is 0.223 e. The Morgan fingerprint density at radius 1 is 0.939 bits per heavy atom. The van der Waals surface area contributed by atoms with Crippen molar-refractivity contribution in [1.82, 2.24) is 9.80 Å². The maximum absolute atomic E-state index is 13.0. The lowest BCUT2D eigenvalue weighted by atomic mass is 10.0. The molecule has 0 aromatic heterocycles. The first-order valence-electron chi connectivity index (χ1n) is 12.1. The number of nitrogens with zero attached hydrogens (tertiary/aromatic N) is 3. The zero-order valence-corrected chi connectivity index (χ0v) is 19.5. The van der Waals surface area contributed by atoms with Gasteiger partial charge in [0.1, 0.15) is 5.75 Å². The van der Waals surface area contributed by atoms with Crippen molar-refractivity contribution in [3.63, 3.8) is 0 Å². The lowest BCUT2D eigenvalue weighted by Gasteiger charge is -2.37. The van der Waals surface area contributed by atoms with E-state index in [0.717, 1.165) is 50.7 Å². The molecule has 2 aliphatic rings. The average Bonchev–Trinajstić information content (AvgIpc) is 3.72. The molecule has 0 spiro atoms. The maximum atomic E-state index is 13.0. The predicted molar refractivity (Wildman–Crippen MR) is 134 cm³/mol. The van der Waals surface area contributed by atoms with Crippen LogP contribution in [0.4, 0.5) is 5.69 Å². The van der Waals surface area contributed by atoms with Crippen LogP contribution >= 0.6 is 0 Å². The summed E-state index contributed by atoms with van der Waals surface area (Å²) in [4.78, 5) is 19.9. The van der Waals surface area contributed by atoms with Gasteiger partial charge in [-0.05, 0) is 41.3 Å². The fourth-order valence-corrected chi connectivity index (χ4v) is 4.96. The first-order chi connectivity index (χ1) is 16.2. The largest absolute Gasteiger partial charge is 0.495 e. The normalized spacial score (nSPS) is 16.4. The summed E-state index contributed by atoms with van der Waals surface area (Å²) < 4.78 is 5.51. The Hall–Kier alpha value is -3.05. The van der Waals surface area contributed by atoms with Crippen molar-refractivity contribution >= 4 is 22.4 Å². The molecule has 1 aliphatic heterocycles. The molecule has 0 N–H and O–H groups in total. The van der Waals surface area contributed by atoms with E-state index < -0.39 is 0 Å². The number of amides is 1. The zero-order chi connectivity index (χ0) is 22.6. The molecule has 33 heavy (non-hydrogen) atoms. The summed E-state index contributed by atoms with van der Waals surface area (Å²) in [6.07, 6.45) is 3.09. The number of hydrogen-bond acceptors (Lipinski definition) is 4.